The van der Waals surface area contributed by atoms with Crippen LogP contribution in [-0.4, -0.2) is 17.0 Å². The van der Waals surface area contributed by atoms with Crippen LogP contribution in [0.5, 0.6) is 0 Å². The first-order valence-corrected chi connectivity index (χ1v) is 6.77. The van der Waals surface area contributed by atoms with Gasteiger partial charge in [0, 0.05) is 24.2 Å². The summed E-state index contributed by atoms with van der Waals surface area (Å²) in [6.45, 7) is 4.83. The second-order valence-corrected chi connectivity index (χ2v) is 5.39. The number of hydrogen-bond donors (Lipinski definition) is 1. The van der Waals surface area contributed by atoms with Crippen molar-refractivity contribution in [2.24, 2.45) is 5.73 Å². The van der Waals surface area contributed by atoms with Gasteiger partial charge in [-0.2, -0.15) is 0 Å². The zero-order chi connectivity index (χ0) is 13.1. The molecule has 0 fully saturated rings. The highest BCUT2D eigenvalue weighted by atomic mass is 32.1. The Kier molecular flexibility index (Phi) is 3.93. The molecule has 1 atom stereocenters. The van der Waals surface area contributed by atoms with E-state index in [1.54, 1.807) is 11.3 Å². The number of aryl methyl sites for hydroxylation is 1. The van der Waals surface area contributed by atoms with Gasteiger partial charge in [-0.3, -0.25) is 0 Å². The van der Waals surface area contributed by atoms with Crippen molar-refractivity contribution >= 4 is 17.2 Å². The average molecular weight is 262 g/mol. The van der Waals surface area contributed by atoms with Crippen molar-refractivity contribution in [1.29, 1.82) is 0 Å². The van der Waals surface area contributed by atoms with Gasteiger partial charge in [0.2, 0.25) is 0 Å². The Morgan fingerprint density at radius 1 is 1.39 bits per heavy atom. The van der Waals surface area contributed by atoms with Crippen molar-refractivity contribution in [3.05, 3.63) is 40.0 Å². The maximum absolute atomic E-state index is 5.81. The van der Waals surface area contributed by atoms with Crippen LogP contribution in [0.2, 0.25) is 0 Å². The summed E-state index contributed by atoms with van der Waals surface area (Å²) in [4.78, 5) is 12.1. The zero-order valence-corrected chi connectivity index (χ0v) is 11.7. The normalized spacial score (nSPS) is 12.4. The maximum Gasteiger partial charge on any atom is 0.128 e. The lowest BCUT2D eigenvalue weighted by atomic mass is 10.1. The quantitative estimate of drug-likeness (QED) is 0.920. The van der Waals surface area contributed by atoms with E-state index in [2.05, 4.69) is 14.9 Å². The molecule has 2 aromatic heterocycles. The lowest BCUT2D eigenvalue weighted by Gasteiger charge is -2.18. The summed E-state index contributed by atoms with van der Waals surface area (Å²) in [5, 5.41) is 0. The smallest absolute Gasteiger partial charge is 0.128 e. The predicted molar refractivity (Wildman–Crippen MR) is 75.8 cm³/mol. The summed E-state index contributed by atoms with van der Waals surface area (Å²) in [6, 6.07) is 4.07. The van der Waals surface area contributed by atoms with Crippen LogP contribution < -0.4 is 10.6 Å². The van der Waals surface area contributed by atoms with E-state index in [1.807, 2.05) is 44.7 Å². The summed E-state index contributed by atoms with van der Waals surface area (Å²) >= 11 is 1.68. The molecule has 4 nitrogen and oxygen atoms in total. The van der Waals surface area contributed by atoms with Gasteiger partial charge in [-0.25, -0.2) is 9.97 Å². The molecule has 0 bridgehead atoms. The molecule has 0 aliphatic rings. The topological polar surface area (TPSA) is 55.0 Å². The van der Waals surface area contributed by atoms with Gasteiger partial charge < -0.3 is 10.6 Å². The molecular weight excluding hydrogens is 244 g/mol. The largest absolute Gasteiger partial charge is 0.354 e. The molecule has 18 heavy (non-hydrogen) atoms. The lowest BCUT2D eigenvalue weighted by molar-refractivity contribution is 0.807. The molecule has 0 aliphatic heterocycles. The highest BCUT2D eigenvalue weighted by Crippen LogP contribution is 2.19. The third-order valence-corrected chi connectivity index (χ3v) is 3.83. The van der Waals surface area contributed by atoms with Crippen molar-refractivity contribution in [2.75, 3.05) is 11.9 Å². The molecule has 0 amide bonds. The maximum atomic E-state index is 5.81. The van der Waals surface area contributed by atoms with Gasteiger partial charge in [-0.05, 0) is 25.5 Å². The van der Waals surface area contributed by atoms with Crippen molar-refractivity contribution in [3.8, 4) is 0 Å². The van der Waals surface area contributed by atoms with Crippen molar-refractivity contribution in [1.82, 2.24) is 9.97 Å². The highest BCUT2D eigenvalue weighted by Gasteiger charge is 2.08. The Labute approximate surface area is 111 Å². The molecule has 96 valence electrons. The van der Waals surface area contributed by atoms with E-state index < -0.39 is 0 Å². The first-order chi connectivity index (χ1) is 8.58. The zero-order valence-electron chi connectivity index (χ0n) is 10.9. The van der Waals surface area contributed by atoms with E-state index in [4.69, 9.17) is 5.73 Å². The van der Waals surface area contributed by atoms with E-state index in [1.165, 1.54) is 4.88 Å². The Morgan fingerprint density at radius 3 is 2.67 bits per heavy atom. The number of hydrogen-bond acceptors (Lipinski definition) is 5. The number of nitrogens with zero attached hydrogens (tertiary/aromatic N) is 3. The summed E-state index contributed by atoms with van der Waals surface area (Å²) in [5.74, 6) is 0.951. The molecule has 0 spiro atoms. The number of thiazole rings is 1. The second kappa shape index (κ2) is 5.46. The fourth-order valence-electron chi connectivity index (χ4n) is 1.67. The fraction of sp³-hybridized carbons (Fsp3) is 0.385. The molecule has 0 aromatic carbocycles. The number of aromatic nitrogens is 2. The van der Waals surface area contributed by atoms with E-state index in [0.717, 1.165) is 23.6 Å². The van der Waals surface area contributed by atoms with Crippen LogP contribution in [0.25, 0.3) is 0 Å². The summed E-state index contributed by atoms with van der Waals surface area (Å²) in [5.41, 5.74) is 9.84. The van der Waals surface area contributed by atoms with Gasteiger partial charge in [0.1, 0.15) is 5.82 Å². The molecule has 0 unspecified atom stereocenters. The van der Waals surface area contributed by atoms with Crippen molar-refractivity contribution in [2.45, 2.75) is 26.4 Å². The highest BCUT2D eigenvalue weighted by molar-refractivity contribution is 7.09. The monoisotopic (exact) mass is 262 g/mol. The SMILES string of the molecule is Cc1ncsc1CN(C)c1ccc([C@H](C)N)cn1. The molecule has 0 aliphatic carbocycles. The van der Waals surface area contributed by atoms with E-state index >= 15 is 0 Å². The van der Waals surface area contributed by atoms with Crippen LogP contribution in [0, 0.1) is 6.92 Å². The van der Waals surface area contributed by atoms with E-state index in [-0.39, 0.29) is 6.04 Å². The second-order valence-electron chi connectivity index (χ2n) is 4.46. The van der Waals surface area contributed by atoms with Crippen LogP contribution in [0.4, 0.5) is 5.82 Å². The van der Waals surface area contributed by atoms with Gasteiger partial charge >= 0.3 is 0 Å². The fourth-order valence-corrected chi connectivity index (χ4v) is 2.50. The molecule has 2 N–H and O–H groups in total. The minimum Gasteiger partial charge on any atom is -0.354 e. The Morgan fingerprint density at radius 2 is 2.17 bits per heavy atom. The third-order valence-electron chi connectivity index (χ3n) is 2.91. The Hall–Kier alpha value is -1.46. The van der Waals surface area contributed by atoms with Crippen LogP contribution >= 0.6 is 11.3 Å². The number of nitrogens with two attached hydrogens (primary N) is 1. The number of pyridine rings is 1. The van der Waals surface area contributed by atoms with Crippen LogP contribution in [0.3, 0.4) is 0 Å². The number of rotatable bonds is 4. The predicted octanol–water partition coefficient (Wildman–Crippen LogP) is 2.50. The molecule has 0 saturated carbocycles. The summed E-state index contributed by atoms with van der Waals surface area (Å²) < 4.78 is 0. The number of anilines is 1. The molecule has 2 rings (SSSR count). The van der Waals surface area contributed by atoms with E-state index in [9.17, 15) is 0 Å². The van der Waals surface area contributed by atoms with Gasteiger partial charge in [0.25, 0.3) is 0 Å². The van der Waals surface area contributed by atoms with Gasteiger partial charge in [0.05, 0.1) is 17.7 Å². The van der Waals surface area contributed by atoms with Crippen molar-refractivity contribution in [3.63, 3.8) is 0 Å². The average Bonchev–Trinajstić information content (AvgIpc) is 2.75. The Balaban J connectivity index is 2.09. The molecular formula is C13H18N4S. The van der Waals surface area contributed by atoms with Gasteiger partial charge in [-0.1, -0.05) is 6.07 Å². The minimum absolute atomic E-state index is 0.0283. The molecule has 2 heterocycles. The first kappa shape index (κ1) is 13.0. The molecule has 2 aromatic rings. The van der Waals surface area contributed by atoms with Crippen LogP contribution in [0.15, 0.2) is 23.8 Å². The van der Waals surface area contributed by atoms with Crippen molar-refractivity contribution < 1.29 is 0 Å². The van der Waals surface area contributed by atoms with Gasteiger partial charge in [-0.15, -0.1) is 11.3 Å². The molecule has 5 heteroatoms. The van der Waals surface area contributed by atoms with Crippen LogP contribution in [-0.2, 0) is 6.54 Å². The molecule has 0 radical (unpaired) electrons. The first-order valence-electron chi connectivity index (χ1n) is 5.89. The standard InChI is InChI=1S/C13H18N4S/c1-9(14)11-4-5-13(15-6-11)17(3)7-12-10(2)16-8-18-12/h4-6,8-9H,7,14H2,1-3H3/t9-/m0/s1. The van der Waals surface area contributed by atoms with Gasteiger partial charge in [0.15, 0.2) is 0 Å². The molecule has 0 saturated heterocycles. The summed E-state index contributed by atoms with van der Waals surface area (Å²) in [6.07, 6.45) is 1.84. The van der Waals surface area contributed by atoms with Crippen LogP contribution in [0.1, 0.15) is 29.1 Å². The van der Waals surface area contributed by atoms with E-state index in [0.29, 0.717) is 0 Å². The third kappa shape index (κ3) is 2.86. The minimum atomic E-state index is 0.0283. The lowest BCUT2D eigenvalue weighted by Crippen LogP contribution is -2.17. The summed E-state index contributed by atoms with van der Waals surface area (Å²) in [7, 11) is 2.03. The Bertz CT molecular complexity index is 504.